The molecule has 2 heteroatoms. The van der Waals surface area contributed by atoms with Crippen LogP contribution in [0.3, 0.4) is 0 Å². The van der Waals surface area contributed by atoms with Crippen molar-refractivity contribution in [2.24, 2.45) is 5.73 Å². The Balaban J connectivity index is 2.19. The van der Waals surface area contributed by atoms with Crippen LogP contribution in [0.2, 0.25) is 0 Å². The molecule has 2 atom stereocenters. The van der Waals surface area contributed by atoms with Crippen molar-refractivity contribution in [3.63, 3.8) is 0 Å². The maximum absolute atomic E-state index is 5.76. The van der Waals surface area contributed by atoms with E-state index in [1.54, 1.807) is 0 Å². The molecule has 1 aliphatic rings. The molecule has 84 valence electrons. The topological polar surface area (TPSA) is 29.3 Å². The quantitative estimate of drug-likeness (QED) is 0.751. The maximum Gasteiger partial charge on any atom is 0.00669 e. The number of hydrogen-bond donors (Lipinski definition) is 1. The fourth-order valence-electron chi connectivity index (χ4n) is 2.28. The monoisotopic (exact) mass is 198 g/mol. The lowest BCUT2D eigenvalue weighted by Crippen LogP contribution is -2.34. The predicted molar refractivity (Wildman–Crippen MR) is 62.4 cm³/mol. The van der Waals surface area contributed by atoms with E-state index in [0.717, 1.165) is 6.04 Å². The van der Waals surface area contributed by atoms with E-state index >= 15 is 0 Å². The smallest absolute Gasteiger partial charge is 0.00669 e. The van der Waals surface area contributed by atoms with E-state index in [1.165, 1.54) is 51.6 Å². The summed E-state index contributed by atoms with van der Waals surface area (Å²) in [4.78, 5) is 2.65. The van der Waals surface area contributed by atoms with Gasteiger partial charge in [-0.15, -0.1) is 0 Å². The third-order valence-corrected chi connectivity index (χ3v) is 3.30. The van der Waals surface area contributed by atoms with Gasteiger partial charge in [0.05, 0.1) is 0 Å². The van der Waals surface area contributed by atoms with Crippen LogP contribution in [0.1, 0.15) is 52.4 Å². The highest BCUT2D eigenvalue weighted by atomic mass is 15.1. The summed E-state index contributed by atoms with van der Waals surface area (Å²) in [7, 11) is 0. The van der Waals surface area contributed by atoms with Gasteiger partial charge in [0.15, 0.2) is 0 Å². The molecule has 1 rings (SSSR count). The molecule has 2 N–H and O–H groups in total. The molecule has 0 aliphatic carbocycles. The first-order valence-corrected chi connectivity index (χ1v) is 6.20. The second kappa shape index (κ2) is 6.41. The summed E-state index contributed by atoms with van der Waals surface area (Å²) in [5, 5.41) is 0. The van der Waals surface area contributed by atoms with Crippen molar-refractivity contribution in [2.75, 3.05) is 13.1 Å². The molecule has 1 saturated heterocycles. The number of likely N-dealkylation sites (tertiary alicyclic amines) is 1. The summed E-state index contributed by atoms with van der Waals surface area (Å²) in [6.45, 7) is 7.03. The third kappa shape index (κ3) is 4.43. The lowest BCUT2D eigenvalue weighted by molar-refractivity contribution is 0.208. The second-order valence-corrected chi connectivity index (χ2v) is 4.85. The van der Waals surface area contributed by atoms with Crippen LogP contribution in [0.4, 0.5) is 0 Å². The van der Waals surface area contributed by atoms with Gasteiger partial charge in [0.25, 0.3) is 0 Å². The summed E-state index contributed by atoms with van der Waals surface area (Å²) in [6.07, 6.45) is 8.06. The zero-order valence-corrected chi connectivity index (χ0v) is 9.84. The van der Waals surface area contributed by atoms with Gasteiger partial charge >= 0.3 is 0 Å². The molecular weight excluding hydrogens is 172 g/mol. The molecule has 0 spiro atoms. The van der Waals surface area contributed by atoms with Crippen LogP contribution in [-0.4, -0.2) is 30.1 Å². The summed E-state index contributed by atoms with van der Waals surface area (Å²) in [6, 6.07) is 1.17. The summed E-state index contributed by atoms with van der Waals surface area (Å²) in [5.41, 5.74) is 5.76. The van der Waals surface area contributed by atoms with E-state index in [9.17, 15) is 0 Å². The standard InChI is InChI=1S/C12H26N2/c1-11(13)7-6-10-14-9-5-3-4-8-12(14)2/h11-12H,3-10,13H2,1-2H3. The summed E-state index contributed by atoms with van der Waals surface area (Å²) in [5.74, 6) is 0. The van der Waals surface area contributed by atoms with Crippen molar-refractivity contribution in [3.05, 3.63) is 0 Å². The highest BCUT2D eigenvalue weighted by molar-refractivity contribution is 4.71. The molecule has 0 bridgehead atoms. The number of nitrogens with zero attached hydrogens (tertiary/aromatic N) is 1. The van der Waals surface area contributed by atoms with Gasteiger partial charge < -0.3 is 10.6 Å². The van der Waals surface area contributed by atoms with E-state index in [4.69, 9.17) is 5.73 Å². The van der Waals surface area contributed by atoms with Gasteiger partial charge in [0, 0.05) is 12.1 Å². The molecule has 0 aromatic carbocycles. The molecule has 0 saturated carbocycles. The van der Waals surface area contributed by atoms with Crippen molar-refractivity contribution in [2.45, 2.75) is 64.5 Å². The molecule has 1 fully saturated rings. The van der Waals surface area contributed by atoms with Crippen LogP contribution >= 0.6 is 0 Å². The first-order valence-electron chi connectivity index (χ1n) is 6.20. The Morgan fingerprint density at radius 1 is 1.36 bits per heavy atom. The normalized spacial score (nSPS) is 27.2. The van der Waals surface area contributed by atoms with Gasteiger partial charge in [0.1, 0.15) is 0 Å². The van der Waals surface area contributed by atoms with Crippen LogP contribution < -0.4 is 5.73 Å². The average Bonchev–Trinajstić information content (AvgIpc) is 2.31. The minimum Gasteiger partial charge on any atom is -0.328 e. The zero-order valence-electron chi connectivity index (χ0n) is 9.84. The van der Waals surface area contributed by atoms with E-state index < -0.39 is 0 Å². The first-order chi connectivity index (χ1) is 6.70. The highest BCUT2D eigenvalue weighted by Crippen LogP contribution is 2.16. The van der Waals surface area contributed by atoms with Crippen molar-refractivity contribution in [1.82, 2.24) is 4.90 Å². The van der Waals surface area contributed by atoms with Crippen LogP contribution in [0.25, 0.3) is 0 Å². The molecular formula is C12H26N2. The predicted octanol–water partition coefficient (Wildman–Crippen LogP) is 2.38. The Morgan fingerprint density at radius 2 is 2.14 bits per heavy atom. The Hall–Kier alpha value is -0.0800. The summed E-state index contributed by atoms with van der Waals surface area (Å²) < 4.78 is 0. The van der Waals surface area contributed by atoms with Crippen LogP contribution in [0, 0.1) is 0 Å². The molecule has 0 radical (unpaired) electrons. The lowest BCUT2D eigenvalue weighted by Gasteiger charge is -2.27. The third-order valence-electron chi connectivity index (χ3n) is 3.30. The van der Waals surface area contributed by atoms with Crippen molar-refractivity contribution >= 4 is 0 Å². The van der Waals surface area contributed by atoms with Crippen molar-refractivity contribution < 1.29 is 0 Å². The molecule has 2 nitrogen and oxygen atoms in total. The van der Waals surface area contributed by atoms with Gasteiger partial charge in [-0.25, -0.2) is 0 Å². The average molecular weight is 198 g/mol. The second-order valence-electron chi connectivity index (χ2n) is 4.85. The first kappa shape index (κ1) is 12.0. The molecule has 0 aromatic rings. The Bertz CT molecular complexity index is 145. The van der Waals surface area contributed by atoms with E-state index in [-0.39, 0.29) is 0 Å². The van der Waals surface area contributed by atoms with Gasteiger partial charge in [-0.3, -0.25) is 0 Å². The van der Waals surface area contributed by atoms with Crippen molar-refractivity contribution in [1.29, 1.82) is 0 Å². The molecule has 14 heavy (non-hydrogen) atoms. The van der Waals surface area contributed by atoms with Crippen LogP contribution in [0.15, 0.2) is 0 Å². The minimum atomic E-state index is 0.372. The Morgan fingerprint density at radius 3 is 2.86 bits per heavy atom. The molecule has 2 unspecified atom stereocenters. The Labute approximate surface area is 88.8 Å². The van der Waals surface area contributed by atoms with E-state index in [0.29, 0.717) is 6.04 Å². The SMILES string of the molecule is CC(N)CCCN1CCCCCC1C. The van der Waals surface area contributed by atoms with Crippen LogP contribution in [0.5, 0.6) is 0 Å². The number of hydrogen-bond acceptors (Lipinski definition) is 2. The van der Waals surface area contributed by atoms with Gasteiger partial charge in [0.2, 0.25) is 0 Å². The molecule has 0 amide bonds. The molecule has 1 aliphatic heterocycles. The zero-order chi connectivity index (χ0) is 10.4. The van der Waals surface area contributed by atoms with Crippen LogP contribution in [-0.2, 0) is 0 Å². The Kier molecular flexibility index (Phi) is 5.49. The molecule has 0 aromatic heterocycles. The maximum atomic E-state index is 5.76. The minimum absolute atomic E-state index is 0.372. The van der Waals surface area contributed by atoms with Gasteiger partial charge in [-0.2, -0.15) is 0 Å². The van der Waals surface area contributed by atoms with E-state index in [1.807, 2.05) is 0 Å². The van der Waals surface area contributed by atoms with Gasteiger partial charge in [-0.05, 0) is 52.6 Å². The van der Waals surface area contributed by atoms with Gasteiger partial charge in [-0.1, -0.05) is 12.8 Å². The lowest BCUT2D eigenvalue weighted by atomic mass is 10.1. The highest BCUT2D eigenvalue weighted by Gasteiger charge is 2.15. The largest absolute Gasteiger partial charge is 0.328 e. The van der Waals surface area contributed by atoms with Crippen molar-refractivity contribution in [3.8, 4) is 0 Å². The molecule has 1 heterocycles. The number of nitrogens with two attached hydrogens (primary N) is 1. The summed E-state index contributed by atoms with van der Waals surface area (Å²) >= 11 is 0. The fourth-order valence-corrected chi connectivity index (χ4v) is 2.28. The fraction of sp³-hybridized carbons (Fsp3) is 1.00. The number of rotatable bonds is 4. The van der Waals surface area contributed by atoms with E-state index in [2.05, 4.69) is 18.7 Å².